The summed E-state index contributed by atoms with van der Waals surface area (Å²) < 4.78 is 0. The zero-order valence-corrected chi connectivity index (χ0v) is 11.9. The van der Waals surface area contributed by atoms with Gasteiger partial charge in [-0.05, 0) is 23.6 Å². The van der Waals surface area contributed by atoms with Crippen molar-refractivity contribution in [1.82, 2.24) is 4.90 Å². The predicted molar refractivity (Wildman–Crippen MR) is 74.0 cm³/mol. The highest BCUT2D eigenvalue weighted by atomic mass is 35.5. The number of nitrogens with zero attached hydrogens (tertiary/aromatic N) is 1. The fourth-order valence-corrected chi connectivity index (χ4v) is 1.90. The van der Waals surface area contributed by atoms with Crippen molar-refractivity contribution in [2.24, 2.45) is 5.92 Å². The van der Waals surface area contributed by atoms with Crippen molar-refractivity contribution in [2.75, 3.05) is 7.05 Å². The first-order valence-electron chi connectivity index (χ1n) is 6.08. The minimum absolute atomic E-state index is 0.0144. The maximum atomic E-state index is 11.9. The summed E-state index contributed by atoms with van der Waals surface area (Å²) in [6, 6.07) is 7.30. The molecule has 0 heterocycles. The molecule has 104 valence electrons. The third-order valence-corrected chi connectivity index (χ3v) is 3.06. The van der Waals surface area contributed by atoms with Crippen LogP contribution in [0.3, 0.4) is 0 Å². The molecule has 0 bridgehead atoms. The molecule has 0 aromatic heterocycles. The monoisotopic (exact) mass is 283 g/mol. The lowest BCUT2D eigenvalue weighted by molar-refractivity contribution is -0.138. The number of carboxylic acids is 1. The van der Waals surface area contributed by atoms with Crippen LogP contribution in [0.1, 0.15) is 25.3 Å². The molecule has 0 aliphatic rings. The topological polar surface area (TPSA) is 57.6 Å². The summed E-state index contributed by atoms with van der Waals surface area (Å²) in [5.41, 5.74) is 0.992. The highest BCUT2D eigenvalue weighted by Crippen LogP contribution is 2.13. The van der Waals surface area contributed by atoms with Crippen molar-refractivity contribution >= 4 is 23.5 Å². The SMILES string of the molecule is CC(CC(=O)O)CC(=O)N(C)Cc1ccc(Cl)cc1. The first kappa shape index (κ1) is 15.5. The van der Waals surface area contributed by atoms with Gasteiger partial charge in [0, 0.05) is 31.5 Å². The van der Waals surface area contributed by atoms with E-state index in [9.17, 15) is 9.59 Å². The second kappa shape index (κ2) is 7.14. The van der Waals surface area contributed by atoms with Crippen LogP contribution in [0, 0.1) is 5.92 Å². The van der Waals surface area contributed by atoms with Crippen LogP contribution in [-0.4, -0.2) is 28.9 Å². The van der Waals surface area contributed by atoms with E-state index in [0.29, 0.717) is 11.6 Å². The Morgan fingerprint density at radius 2 is 1.84 bits per heavy atom. The van der Waals surface area contributed by atoms with Crippen molar-refractivity contribution in [2.45, 2.75) is 26.3 Å². The molecule has 4 nitrogen and oxygen atoms in total. The van der Waals surface area contributed by atoms with Gasteiger partial charge in [0.15, 0.2) is 0 Å². The number of aliphatic carboxylic acids is 1. The molecule has 0 saturated heterocycles. The standard InChI is InChI=1S/C14H18ClNO3/c1-10(8-14(18)19)7-13(17)16(2)9-11-3-5-12(15)6-4-11/h3-6,10H,7-9H2,1-2H3,(H,18,19). The van der Waals surface area contributed by atoms with Crippen molar-refractivity contribution in [3.63, 3.8) is 0 Å². The largest absolute Gasteiger partial charge is 0.481 e. The number of carbonyl (C=O) groups excluding carboxylic acids is 1. The van der Waals surface area contributed by atoms with E-state index in [0.717, 1.165) is 5.56 Å². The first-order valence-corrected chi connectivity index (χ1v) is 6.46. The molecule has 1 atom stereocenters. The number of hydrogen-bond donors (Lipinski definition) is 1. The number of carbonyl (C=O) groups is 2. The molecule has 0 fully saturated rings. The van der Waals surface area contributed by atoms with E-state index in [4.69, 9.17) is 16.7 Å². The van der Waals surface area contributed by atoms with Crippen LogP contribution in [0.25, 0.3) is 0 Å². The number of amides is 1. The summed E-state index contributed by atoms with van der Waals surface area (Å²) in [5.74, 6) is -1.08. The van der Waals surface area contributed by atoms with E-state index in [2.05, 4.69) is 0 Å². The number of halogens is 1. The maximum absolute atomic E-state index is 11.9. The molecule has 1 aromatic carbocycles. The van der Waals surface area contributed by atoms with Gasteiger partial charge < -0.3 is 10.0 Å². The average molecular weight is 284 g/mol. The van der Waals surface area contributed by atoms with E-state index in [1.54, 1.807) is 31.0 Å². The van der Waals surface area contributed by atoms with Crippen LogP contribution in [0.2, 0.25) is 5.02 Å². The van der Waals surface area contributed by atoms with E-state index in [1.807, 2.05) is 12.1 Å². The van der Waals surface area contributed by atoms with Crippen LogP contribution in [0.15, 0.2) is 24.3 Å². The molecule has 1 amide bonds. The molecule has 19 heavy (non-hydrogen) atoms. The zero-order valence-electron chi connectivity index (χ0n) is 11.1. The fraction of sp³-hybridized carbons (Fsp3) is 0.429. The lowest BCUT2D eigenvalue weighted by Gasteiger charge is -2.19. The second-order valence-electron chi connectivity index (χ2n) is 4.78. The third-order valence-electron chi connectivity index (χ3n) is 2.80. The number of carboxylic acid groups (broad SMARTS) is 1. The Morgan fingerprint density at radius 1 is 1.26 bits per heavy atom. The molecule has 1 N–H and O–H groups in total. The van der Waals surface area contributed by atoms with Gasteiger partial charge in [0.25, 0.3) is 0 Å². The predicted octanol–water partition coefficient (Wildman–Crippen LogP) is 2.80. The van der Waals surface area contributed by atoms with E-state index >= 15 is 0 Å². The molecule has 1 rings (SSSR count). The van der Waals surface area contributed by atoms with Crippen LogP contribution in [-0.2, 0) is 16.1 Å². The van der Waals surface area contributed by atoms with E-state index in [1.165, 1.54) is 0 Å². The smallest absolute Gasteiger partial charge is 0.303 e. The molecule has 0 radical (unpaired) electrons. The van der Waals surface area contributed by atoms with E-state index < -0.39 is 5.97 Å². The van der Waals surface area contributed by atoms with Gasteiger partial charge in [-0.3, -0.25) is 9.59 Å². The van der Waals surface area contributed by atoms with Crippen LogP contribution < -0.4 is 0 Å². The fourth-order valence-electron chi connectivity index (χ4n) is 1.78. The summed E-state index contributed by atoms with van der Waals surface area (Å²) in [7, 11) is 1.71. The number of hydrogen-bond acceptors (Lipinski definition) is 2. The van der Waals surface area contributed by atoms with Crippen LogP contribution in [0.4, 0.5) is 0 Å². The maximum Gasteiger partial charge on any atom is 0.303 e. The summed E-state index contributed by atoms with van der Waals surface area (Å²) in [4.78, 5) is 24.1. The highest BCUT2D eigenvalue weighted by Gasteiger charge is 2.15. The number of rotatable bonds is 6. The lowest BCUT2D eigenvalue weighted by atomic mass is 10.0. The molecule has 1 aromatic rings. The molecule has 0 aliphatic heterocycles. The minimum atomic E-state index is -0.874. The van der Waals surface area contributed by atoms with Crippen molar-refractivity contribution in [1.29, 1.82) is 0 Å². The van der Waals surface area contributed by atoms with Gasteiger partial charge in [0.1, 0.15) is 0 Å². The molecule has 0 aliphatic carbocycles. The Hall–Kier alpha value is -1.55. The van der Waals surface area contributed by atoms with Crippen molar-refractivity contribution in [3.8, 4) is 0 Å². The summed E-state index contributed by atoms with van der Waals surface area (Å²) >= 11 is 5.79. The van der Waals surface area contributed by atoms with Gasteiger partial charge in [-0.1, -0.05) is 30.7 Å². The summed E-state index contributed by atoms with van der Waals surface area (Å²) in [5, 5.41) is 9.32. The Bertz CT molecular complexity index is 445. The highest BCUT2D eigenvalue weighted by molar-refractivity contribution is 6.30. The molecule has 0 saturated carbocycles. The first-order chi connectivity index (χ1) is 8.88. The van der Waals surface area contributed by atoms with Gasteiger partial charge in [-0.15, -0.1) is 0 Å². The molecule has 5 heteroatoms. The zero-order chi connectivity index (χ0) is 14.4. The van der Waals surface area contributed by atoms with Crippen LogP contribution >= 0.6 is 11.6 Å². The second-order valence-corrected chi connectivity index (χ2v) is 5.22. The van der Waals surface area contributed by atoms with Gasteiger partial charge in [0.05, 0.1) is 0 Å². The Morgan fingerprint density at radius 3 is 2.37 bits per heavy atom. The Kier molecular flexibility index (Phi) is 5.83. The molecule has 0 spiro atoms. The van der Waals surface area contributed by atoms with E-state index in [-0.39, 0.29) is 24.7 Å². The lowest BCUT2D eigenvalue weighted by Crippen LogP contribution is -2.28. The molecule has 1 unspecified atom stereocenters. The quantitative estimate of drug-likeness (QED) is 0.873. The van der Waals surface area contributed by atoms with Gasteiger partial charge in [-0.2, -0.15) is 0 Å². The van der Waals surface area contributed by atoms with Crippen molar-refractivity contribution < 1.29 is 14.7 Å². The summed E-state index contributed by atoms with van der Waals surface area (Å²) in [6.07, 6.45) is 0.261. The average Bonchev–Trinajstić information content (AvgIpc) is 2.30. The molecular weight excluding hydrogens is 266 g/mol. The van der Waals surface area contributed by atoms with Gasteiger partial charge in [-0.25, -0.2) is 0 Å². The van der Waals surface area contributed by atoms with Crippen molar-refractivity contribution in [3.05, 3.63) is 34.9 Å². The Labute approximate surface area is 118 Å². The normalized spacial score (nSPS) is 11.9. The minimum Gasteiger partial charge on any atom is -0.481 e. The van der Waals surface area contributed by atoms with Crippen LogP contribution in [0.5, 0.6) is 0 Å². The Balaban J connectivity index is 2.48. The van der Waals surface area contributed by atoms with Gasteiger partial charge in [0.2, 0.25) is 5.91 Å². The van der Waals surface area contributed by atoms with Gasteiger partial charge >= 0.3 is 5.97 Å². The summed E-state index contributed by atoms with van der Waals surface area (Å²) in [6.45, 7) is 2.26. The molecular formula is C14H18ClNO3. The third kappa shape index (κ3) is 5.75. The number of benzene rings is 1.